The Balaban J connectivity index is 1.94. The topological polar surface area (TPSA) is 60.3 Å². The Morgan fingerprint density at radius 1 is 1.19 bits per heavy atom. The smallest absolute Gasteiger partial charge is 0.268 e. The van der Waals surface area contributed by atoms with Crippen LogP contribution in [0.2, 0.25) is 5.02 Å². The molecule has 0 spiro atoms. The largest absolute Gasteiger partial charge is 0.497 e. The summed E-state index contributed by atoms with van der Waals surface area (Å²) in [5.74, 6) is -0.0759. The fourth-order valence-corrected chi connectivity index (χ4v) is 5.74. The average Bonchev–Trinajstić information content (AvgIpc) is 2.99. The van der Waals surface area contributed by atoms with Crippen LogP contribution in [0, 0.1) is 5.82 Å². The number of halogens is 2. The summed E-state index contributed by atoms with van der Waals surface area (Å²) in [4.78, 5) is 0.00136. The number of ether oxygens (including phenoxy) is 1. The summed E-state index contributed by atoms with van der Waals surface area (Å²) < 4.78 is 47.7. The second kappa shape index (κ2) is 7.97. The van der Waals surface area contributed by atoms with E-state index < -0.39 is 15.8 Å². The van der Waals surface area contributed by atoms with E-state index in [0.29, 0.717) is 28.6 Å². The first kappa shape index (κ1) is 21.9. The van der Waals surface area contributed by atoms with Crippen molar-refractivity contribution in [1.82, 2.24) is 9.29 Å². The highest BCUT2D eigenvalue weighted by molar-refractivity contribution is 7.90. The maximum absolute atomic E-state index is 14.2. The van der Waals surface area contributed by atoms with Gasteiger partial charge >= 0.3 is 0 Å². The van der Waals surface area contributed by atoms with Gasteiger partial charge in [-0.3, -0.25) is 0 Å². The Bertz CT molecular complexity index is 1300. The van der Waals surface area contributed by atoms with Gasteiger partial charge in [0.15, 0.2) is 0 Å². The molecule has 1 aromatic heterocycles. The Kier molecular flexibility index (Phi) is 5.62. The van der Waals surface area contributed by atoms with Gasteiger partial charge in [0.2, 0.25) is 0 Å². The van der Waals surface area contributed by atoms with Crippen molar-refractivity contribution in [1.29, 1.82) is 0 Å². The maximum atomic E-state index is 14.2. The fourth-order valence-electron chi connectivity index (χ4n) is 4.02. The first-order valence-electron chi connectivity index (χ1n) is 9.96. The minimum atomic E-state index is -4.00. The predicted molar refractivity (Wildman–Crippen MR) is 122 cm³/mol. The second-order valence-corrected chi connectivity index (χ2v) is 10.6. The summed E-state index contributed by atoms with van der Waals surface area (Å²) >= 11 is 6.12. The van der Waals surface area contributed by atoms with Crippen molar-refractivity contribution in [3.63, 3.8) is 0 Å². The molecule has 0 saturated carbocycles. The molecule has 0 fully saturated rings. The average molecular weight is 463 g/mol. The Morgan fingerprint density at radius 3 is 2.71 bits per heavy atom. The van der Waals surface area contributed by atoms with Gasteiger partial charge in [-0.2, -0.15) is 0 Å². The van der Waals surface area contributed by atoms with Crippen molar-refractivity contribution in [2.75, 3.05) is 13.7 Å². The lowest BCUT2D eigenvalue weighted by Gasteiger charge is -2.25. The van der Waals surface area contributed by atoms with E-state index in [1.165, 1.54) is 41.4 Å². The van der Waals surface area contributed by atoms with Crippen molar-refractivity contribution in [2.45, 2.75) is 37.1 Å². The number of nitrogens with one attached hydrogen (secondary N) is 1. The second-order valence-electron chi connectivity index (χ2n) is 8.34. The molecule has 0 unspecified atom stereocenters. The summed E-state index contributed by atoms with van der Waals surface area (Å²) in [6, 6.07) is 8.50. The molecule has 1 N–H and O–H groups in total. The fraction of sp³-hybridized carbons (Fsp3) is 0.304. The number of hydrogen-bond acceptors (Lipinski definition) is 4. The summed E-state index contributed by atoms with van der Waals surface area (Å²) in [7, 11) is -2.56. The molecule has 0 saturated heterocycles. The summed E-state index contributed by atoms with van der Waals surface area (Å²) in [6.45, 7) is 5.02. The molecule has 2 aromatic carbocycles. The molecule has 5 nitrogen and oxygen atoms in total. The quantitative estimate of drug-likeness (QED) is 0.577. The molecule has 0 atom stereocenters. The SMILES string of the molecule is COc1cc(Cl)cc(S(=O)(=O)n2cc(C3=CCCNC(C)(C)C3)c3cc(F)ccc32)c1. The third-order valence-corrected chi connectivity index (χ3v) is 7.36. The summed E-state index contributed by atoms with van der Waals surface area (Å²) in [5.41, 5.74) is 1.95. The van der Waals surface area contributed by atoms with E-state index in [1.54, 1.807) is 12.3 Å². The van der Waals surface area contributed by atoms with Crippen LogP contribution >= 0.6 is 11.6 Å². The van der Waals surface area contributed by atoms with Gasteiger partial charge in [0.1, 0.15) is 11.6 Å². The van der Waals surface area contributed by atoms with Crippen molar-refractivity contribution in [3.05, 3.63) is 65.1 Å². The van der Waals surface area contributed by atoms with Crippen LogP contribution in [0.1, 0.15) is 32.3 Å². The third-order valence-electron chi connectivity index (χ3n) is 5.49. The van der Waals surface area contributed by atoms with E-state index >= 15 is 0 Å². The maximum Gasteiger partial charge on any atom is 0.268 e. The number of benzene rings is 2. The van der Waals surface area contributed by atoms with Gasteiger partial charge in [-0.25, -0.2) is 16.8 Å². The molecule has 0 amide bonds. The third kappa shape index (κ3) is 4.22. The van der Waals surface area contributed by atoms with Crippen molar-refractivity contribution >= 4 is 38.1 Å². The Morgan fingerprint density at radius 2 is 1.97 bits per heavy atom. The zero-order valence-corrected chi connectivity index (χ0v) is 19.1. The lowest BCUT2D eigenvalue weighted by atomic mass is 9.91. The van der Waals surface area contributed by atoms with Crippen molar-refractivity contribution in [2.24, 2.45) is 0 Å². The minimum absolute atomic E-state index is 0.00136. The summed E-state index contributed by atoms with van der Waals surface area (Å²) in [6.07, 6.45) is 5.17. The molecule has 164 valence electrons. The predicted octanol–water partition coefficient (Wildman–Crippen LogP) is 5.22. The Hall–Kier alpha value is -2.35. The van der Waals surface area contributed by atoms with Crippen LogP contribution in [0.3, 0.4) is 0 Å². The zero-order chi connectivity index (χ0) is 22.4. The molecule has 0 radical (unpaired) electrons. The van der Waals surface area contributed by atoms with Crippen LogP contribution in [-0.2, 0) is 10.0 Å². The van der Waals surface area contributed by atoms with Crippen molar-refractivity contribution < 1.29 is 17.5 Å². The van der Waals surface area contributed by atoms with E-state index in [-0.39, 0.29) is 15.5 Å². The number of methoxy groups -OCH3 is 1. The van der Waals surface area contributed by atoms with Gasteiger partial charge in [-0.1, -0.05) is 17.7 Å². The van der Waals surface area contributed by atoms with E-state index in [4.69, 9.17) is 16.3 Å². The van der Waals surface area contributed by atoms with Gasteiger partial charge in [-0.05, 0) is 69.1 Å². The molecular weight excluding hydrogens is 439 g/mol. The Labute approximate surface area is 186 Å². The van der Waals surface area contributed by atoms with Gasteiger partial charge in [0.25, 0.3) is 10.0 Å². The van der Waals surface area contributed by atoms with Crippen LogP contribution in [0.5, 0.6) is 5.75 Å². The van der Waals surface area contributed by atoms with E-state index in [1.807, 2.05) is 0 Å². The van der Waals surface area contributed by atoms with Crippen LogP contribution in [-0.4, -0.2) is 31.6 Å². The number of hydrogen-bond donors (Lipinski definition) is 1. The minimum Gasteiger partial charge on any atom is -0.497 e. The molecular formula is C23H24ClFN2O3S. The van der Waals surface area contributed by atoms with E-state index in [2.05, 4.69) is 25.2 Å². The van der Waals surface area contributed by atoms with E-state index in [9.17, 15) is 12.8 Å². The highest BCUT2D eigenvalue weighted by atomic mass is 35.5. The number of fused-ring (bicyclic) bond motifs is 1. The highest BCUT2D eigenvalue weighted by Crippen LogP contribution is 2.36. The lowest BCUT2D eigenvalue weighted by molar-refractivity contribution is 0.409. The monoisotopic (exact) mass is 462 g/mol. The van der Waals surface area contributed by atoms with Crippen molar-refractivity contribution in [3.8, 4) is 5.75 Å². The molecule has 0 bridgehead atoms. The summed E-state index contributed by atoms with van der Waals surface area (Å²) in [5, 5.41) is 4.29. The molecule has 0 aliphatic carbocycles. The van der Waals surface area contributed by atoms with Crippen LogP contribution in [0.4, 0.5) is 4.39 Å². The van der Waals surface area contributed by atoms with Gasteiger partial charge in [-0.15, -0.1) is 0 Å². The highest BCUT2D eigenvalue weighted by Gasteiger charge is 2.27. The van der Waals surface area contributed by atoms with Crippen LogP contribution in [0.15, 0.2) is 53.6 Å². The first-order chi connectivity index (χ1) is 14.6. The van der Waals surface area contributed by atoms with E-state index in [0.717, 1.165) is 18.5 Å². The van der Waals surface area contributed by atoms with Gasteiger partial charge < -0.3 is 10.1 Å². The normalized spacial score (nSPS) is 16.7. The number of aromatic nitrogens is 1. The van der Waals surface area contributed by atoms with Gasteiger partial charge in [0.05, 0.1) is 17.5 Å². The first-order valence-corrected chi connectivity index (χ1v) is 11.8. The van der Waals surface area contributed by atoms with Gasteiger partial charge in [0, 0.05) is 33.8 Å². The number of rotatable bonds is 4. The number of nitrogens with zero attached hydrogens (tertiary/aromatic N) is 1. The lowest BCUT2D eigenvalue weighted by Crippen LogP contribution is -2.38. The molecule has 3 aromatic rings. The zero-order valence-electron chi connectivity index (χ0n) is 17.6. The molecule has 1 aliphatic rings. The van der Waals surface area contributed by atoms with Crippen LogP contribution in [0.25, 0.3) is 16.5 Å². The molecule has 31 heavy (non-hydrogen) atoms. The standard InChI is InChI=1S/C23H24ClFN2O3S/c1-23(2)13-15(5-4-8-26-23)21-14-27(22-7-6-17(25)11-20(21)22)31(28,29)19-10-16(24)9-18(12-19)30-3/h5-7,9-12,14,26H,4,8,13H2,1-3H3. The molecule has 1 aliphatic heterocycles. The molecule has 8 heteroatoms. The molecule has 4 rings (SSSR count). The molecule has 2 heterocycles. The van der Waals surface area contributed by atoms with Crippen LogP contribution < -0.4 is 10.1 Å².